The Morgan fingerprint density at radius 2 is 1.46 bits per heavy atom. The molecule has 0 N–H and O–H groups in total. The maximum atomic E-state index is 12.2. The monoisotopic (exact) mass is 230 g/mol. The maximum Gasteiger partial charge on any atom is 0.422 e. The van der Waals surface area contributed by atoms with Crippen LogP contribution in [0.25, 0.3) is 0 Å². The van der Waals surface area contributed by atoms with Gasteiger partial charge in [-0.3, -0.25) is 0 Å². The molecule has 0 aliphatic carbocycles. The summed E-state index contributed by atoms with van der Waals surface area (Å²) in [4.78, 5) is 6.70. The average Bonchev–Trinajstić information content (AvgIpc) is 1.78. The van der Waals surface area contributed by atoms with E-state index in [0.29, 0.717) is 0 Å². The summed E-state index contributed by atoms with van der Waals surface area (Å²) < 4.78 is 36.6. The molecule has 0 saturated heterocycles. The first-order valence-electron chi connectivity index (χ1n) is 3.09. The average molecular weight is 231 g/mol. The van der Waals surface area contributed by atoms with Gasteiger partial charge in [0.15, 0.2) is 0 Å². The number of nitrogens with zero attached hydrogens (tertiary/aromatic N) is 2. The first kappa shape index (κ1) is 10.5. The van der Waals surface area contributed by atoms with Crippen LogP contribution in [0.4, 0.5) is 13.2 Å². The minimum Gasteiger partial charge on any atom is -0.221 e. The highest BCUT2D eigenvalue weighted by Gasteiger charge is 2.37. The fraction of sp³-hybridized carbons (Fsp3) is 0.333. The number of alkyl halides is 3. The van der Waals surface area contributed by atoms with Crippen molar-refractivity contribution in [3.05, 3.63) is 21.7 Å². The van der Waals surface area contributed by atoms with Crippen LogP contribution in [0.15, 0.2) is 0 Å². The van der Waals surface area contributed by atoms with E-state index in [1.807, 2.05) is 0 Å². The van der Waals surface area contributed by atoms with Crippen LogP contribution < -0.4 is 0 Å². The maximum absolute atomic E-state index is 12.2. The van der Waals surface area contributed by atoms with Gasteiger partial charge in [-0.05, 0) is 6.92 Å². The van der Waals surface area contributed by atoms with Crippen molar-refractivity contribution in [2.24, 2.45) is 0 Å². The normalized spacial score (nSPS) is 11.8. The zero-order chi connectivity index (χ0) is 10.2. The molecule has 1 heterocycles. The van der Waals surface area contributed by atoms with E-state index in [9.17, 15) is 13.2 Å². The Hall–Kier alpha value is -0.550. The molecule has 0 aromatic carbocycles. The molecule has 2 nitrogen and oxygen atoms in total. The van der Waals surface area contributed by atoms with Crippen molar-refractivity contribution in [3.63, 3.8) is 0 Å². The molecule has 0 aliphatic rings. The van der Waals surface area contributed by atoms with Crippen LogP contribution in [0.2, 0.25) is 10.3 Å². The molecule has 0 saturated carbocycles. The van der Waals surface area contributed by atoms with Crippen molar-refractivity contribution in [1.82, 2.24) is 9.97 Å². The number of halogens is 5. The zero-order valence-corrected chi connectivity index (χ0v) is 7.80. The smallest absolute Gasteiger partial charge is 0.221 e. The molecule has 0 atom stereocenters. The molecule has 0 fully saturated rings. The van der Waals surface area contributed by atoms with E-state index < -0.39 is 22.0 Å². The lowest BCUT2D eigenvalue weighted by atomic mass is 10.3. The highest BCUT2D eigenvalue weighted by Crippen LogP contribution is 2.37. The van der Waals surface area contributed by atoms with Crippen molar-refractivity contribution in [3.8, 4) is 0 Å². The third kappa shape index (κ3) is 2.22. The fourth-order valence-corrected chi connectivity index (χ4v) is 1.43. The van der Waals surface area contributed by atoms with E-state index in [0.717, 1.165) is 0 Å². The molecule has 7 heteroatoms. The van der Waals surface area contributed by atoms with Gasteiger partial charge in [0.05, 0.1) is 0 Å². The highest BCUT2D eigenvalue weighted by molar-refractivity contribution is 6.34. The Balaban J connectivity index is 3.38. The number of hydrogen-bond acceptors (Lipinski definition) is 2. The second-order valence-corrected chi connectivity index (χ2v) is 2.94. The lowest BCUT2D eigenvalue weighted by Gasteiger charge is -2.09. The van der Waals surface area contributed by atoms with E-state index in [-0.39, 0.29) is 5.82 Å². The summed E-state index contributed by atoms with van der Waals surface area (Å²) in [5.41, 5.74) is -1.19. The number of aromatic nitrogens is 2. The Bertz CT molecular complexity index is 314. The van der Waals surface area contributed by atoms with Gasteiger partial charge in [0.2, 0.25) is 0 Å². The summed E-state index contributed by atoms with van der Waals surface area (Å²) in [6, 6.07) is 0. The van der Waals surface area contributed by atoms with Gasteiger partial charge in [-0.2, -0.15) is 13.2 Å². The van der Waals surface area contributed by atoms with Crippen molar-refractivity contribution in [2.75, 3.05) is 0 Å². The van der Waals surface area contributed by atoms with Crippen LogP contribution >= 0.6 is 23.2 Å². The van der Waals surface area contributed by atoms with E-state index in [1.54, 1.807) is 0 Å². The molecular formula is C6H3Cl2F3N2. The molecule has 1 rings (SSSR count). The van der Waals surface area contributed by atoms with Crippen LogP contribution in [0.5, 0.6) is 0 Å². The largest absolute Gasteiger partial charge is 0.422 e. The van der Waals surface area contributed by atoms with Crippen molar-refractivity contribution >= 4 is 23.2 Å². The van der Waals surface area contributed by atoms with E-state index >= 15 is 0 Å². The first-order chi connectivity index (χ1) is 5.82. The Morgan fingerprint density at radius 3 is 1.77 bits per heavy atom. The van der Waals surface area contributed by atoms with Crippen LogP contribution in [-0.2, 0) is 6.18 Å². The Kier molecular flexibility index (Phi) is 2.68. The van der Waals surface area contributed by atoms with Crippen molar-refractivity contribution in [2.45, 2.75) is 13.1 Å². The molecule has 0 unspecified atom stereocenters. The number of rotatable bonds is 0. The molecule has 1 aromatic rings. The van der Waals surface area contributed by atoms with E-state index in [1.165, 1.54) is 6.92 Å². The molecule has 13 heavy (non-hydrogen) atoms. The molecular weight excluding hydrogens is 228 g/mol. The van der Waals surface area contributed by atoms with Gasteiger partial charge in [0, 0.05) is 0 Å². The third-order valence-electron chi connectivity index (χ3n) is 1.22. The predicted octanol–water partition coefficient (Wildman–Crippen LogP) is 3.11. The topological polar surface area (TPSA) is 25.8 Å². The van der Waals surface area contributed by atoms with Gasteiger partial charge in [-0.15, -0.1) is 0 Å². The molecule has 0 radical (unpaired) electrons. The van der Waals surface area contributed by atoms with E-state index in [2.05, 4.69) is 9.97 Å². The summed E-state index contributed by atoms with van der Waals surface area (Å²) in [5, 5.41) is -1.35. The van der Waals surface area contributed by atoms with Crippen LogP contribution in [0.1, 0.15) is 11.4 Å². The predicted molar refractivity (Wildman–Crippen MR) is 41.8 cm³/mol. The van der Waals surface area contributed by atoms with Crippen LogP contribution in [0, 0.1) is 6.92 Å². The Morgan fingerprint density at radius 1 is 1.08 bits per heavy atom. The number of hydrogen-bond donors (Lipinski definition) is 0. The molecule has 1 aromatic heterocycles. The first-order valence-corrected chi connectivity index (χ1v) is 3.85. The summed E-state index contributed by atoms with van der Waals surface area (Å²) in [7, 11) is 0. The second kappa shape index (κ2) is 3.31. The van der Waals surface area contributed by atoms with Gasteiger partial charge in [0.25, 0.3) is 0 Å². The zero-order valence-electron chi connectivity index (χ0n) is 6.28. The molecule has 72 valence electrons. The minimum atomic E-state index is -4.62. The lowest BCUT2D eigenvalue weighted by Crippen LogP contribution is -2.10. The molecule has 0 bridgehead atoms. The fourth-order valence-electron chi connectivity index (χ4n) is 0.740. The van der Waals surface area contributed by atoms with Gasteiger partial charge >= 0.3 is 6.18 Å². The lowest BCUT2D eigenvalue weighted by molar-refractivity contribution is -0.137. The minimum absolute atomic E-state index is 0.100. The van der Waals surface area contributed by atoms with Crippen molar-refractivity contribution in [1.29, 1.82) is 0 Å². The molecule has 0 spiro atoms. The molecule has 0 amide bonds. The van der Waals surface area contributed by atoms with Gasteiger partial charge in [0.1, 0.15) is 21.7 Å². The molecule has 0 aliphatic heterocycles. The third-order valence-corrected chi connectivity index (χ3v) is 1.76. The summed E-state index contributed by atoms with van der Waals surface area (Å²) >= 11 is 10.5. The van der Waals surface area contributed by atoms with Gasteiger partial charge in [-0.25, -0.2) is 9.97 Å². The highest BCUT2D eigenvalue weighted by atomic mass is 35.5. The van der Waals surface area contributed by atoms with Gasteiger partial charge < -0.3 is 0 Å². The number of aryl methyl sites for hydroxylation is 1. The summed E-state index contributed by atoms with van der Waals surface area (Å²) in [6.07, 6.45) is -4.62. The van der Waals surface area contributed by atoms with Crippen LogP contribution in [0.3, 0.4) is 0 Å². The Labute approximate surface area is 81.7 Å². The van der Waals surface area contributed by atoms with Crippen molar-refractivity contribution < 1.29 is 13.2 Å². The summed E-state index contributed by atoms with van der Waals surface area (Å²) in [6.45, 7) is 1.40. The van der Waals surface area contributed by atoms with Gasteiger partial charge in [-0.1, -0.05) is 23.2 Å². The standard InChI is InChI=1S/C6H3Cl2F3N2/c1-2-12-4(7)3(5(8)13-2)6(9,10)11/h1H3. The quantitative estimate of drug-likeness (QED) is 0.641. The summed E-state index contributed by atoms with van der Waals surface area (Å²) in [5.74, 6) is 0.100. The SMILES string of the molecule is Cc1nc(Cl)c(C(F)(F)F)c(Cl)n1. The second-order valence-electron chi connectivity index (χ2n) is 2.23. The van der Waals surface area contributed by atoms with Crippen LogP contribution in [-0.4, -0.2) is 9.97 Å². The van der Waals surface area contributed by atoms with E-state index in [4.69, 9.17) is 23.2 Å².